The van der Waals surface area contributed by atoms with Gasteiger partial charge in [-0.2, -0.15) is 0 Å². The number of nitrogens with zero attached hydrogens (tertiary/aromatic N) is 3. The second-order valence-corrected chi connectivity index (χ2v) is 7.57. The van der Waals surface area contributed by atoms with Crippen LogP contribution in [-0.2, 0) is 0 Å². The number of hydrogen-bond acceptors (Lipinski definition) is 4. The fraction of sp³-hybridized carbons (Fsp3) is 0.136. The Morgan fingerprint density at radius 2 is 1.90 bits per heavy atom. The van der Waals surface area contributed by atoms with Crippen LogP contribution in [0.1, 0.15) is 10.4 Å². The Kier molecular flexibility index (Phi) is 5.07. The van der Waals surface area contributed by atoms with Gasteiger partial charge in [-0.25, -0.2) is 4.98 Å². The molecule has 0 fully saturated rings. The third-order valence-corrected chi connectivity index (χ3v) is 5.56. The molecule has 4 rings (SSSR count). The largest absolute Gasteiger partial charge is 0.496 e. The molecule has 6 nitrogen and oxygen atoms in total. The highest BCUT2D eigenvalue weighted by molar-refractivity contribution is 9.10. The number of carbonyl (C=O) groups excluding carboxylic acids is 1. The number of amides is 1. The lowest BCUT2D eigenvalue weighted by molar-refractivity contribution is 0.0827. The number of methoxy groups -OCH3 is 1. The molecule has 4 aromatic rings. The SMILES string of the molecule is COc1ccccc1-c1c[nH]c2ncc(-c3cncc(C(=O)N(C)C)c3)c(Br)c12. The van der Waals surface area contributed by atoms with E-state index in [9.17, 15) is 4.79 Å². The summed E-state index contributed by atoms with van der Waals surface area (Å²) in [6, 6.07) is 9.69. The first-order valence-corrected chi connectivity index (χ1v) is 9.76. The van der Waals surface area contributed by atoms with Crippen molar-refractivity contribution in [3.63, 3.8) is 0 Å². The quantitative estimate of drug-likeness (QED) is 0.486. The summed E-state index contributed by atoms with van der Waals surface area (Å²) < 4.78 is 6.41. The maximum absolute atomic E-state index is 12.3. The molecular weight excluding hydrogens is 432 g/mol. The van der Waals surface area contributed by atoms with Crippen molar-refractivity contribution < 1.29 is 9.53 Å². The summed E-state index contributed by atoms with van der Waals surface area (Å²) in [6.45, 7) is 0. The molecule has 7 heteroatoms. The van der Waals surface area contributed by atoms with E-state index in [4.69, 9.17) is 4.74 Å². The Hall–Kier alpha value is -3.19. The first kappa shape index (κ1) is 19.1. The van der Waals surface area contributed by atoms with Crippen LogP contribution in [0.5, 0.6) is 5.75 Å². The molecule has 0 aliphatic heterocycles. The van der Waals surface area contributed by atoms with E-state index in [0.29, 0.717) is 5.56 Å². The number of hydrogen-bond donors (Lipinski definition) is 1. The summed E-state index contributed by atoms with van der Waals surface area (Å²) in [5.74, 6) is 0.687. The van der Waals surface area contributed by atoms with Crippen molar-refractivity contribution in [3.8, 4) is 28.0 Å². The summed E-state index contributed by atoms with van der Waals surface area (Å²) >= 11 is 3.76. The minimum absolute atomic E-state index is 0.0964. The number of ether oxygens (including phenoxy) is 1. The molecular formula is C22H19BrN4O2. The molecule has 0 saturated carbocycles. The maximum Gasteiger partial charge on any atom is 0.254 e. The van der Waals surface area contributed by atoms with Crippen molar-refractivity contribution in [1.82, 2.24) is 19.9 Å². The third kappa shape index (κ3) is 3.38. The molecule has 3 aromatic heterocycles. The van der Waals surface area contributed by atoms with E-state index < -0.39 is 0 Å². The zero-order chi connectivity index (χ0) is 20.5. The number of pyridine rings is 2. The first-order chi connectivity index (χ1) is 14.0. The Balaban J connectivity index is 1.90. The van der Waals surface area contributed by atoms with E-state index in [2.05, 4.69) is 30.9 Å². The number of fused-ring (bicyclic) bond motifs is 1. The van der Waals surface area contributed by atoms with Crippen LogP contribution in [0, 0.1) is 0 Å². The Morgan fingerprint density at radius 3 is 2.66 bits per heavy atom. The molecule has 1 aromatic carbocycles. The van der Waals surface area contributed by atoms with Crippen LogP contribution in [0.3, 0.4) is 0 Å². The second kappa shape index (κ2) is 7.67. The van der Waals surface area contributed by atoms with Gasteiger partial charge in [-0.1, -0.05) is 18.2 Å². The van der Waals surface area contributed by atoms with Gasteiger partial charge in [0.2, 0.25) is 0 Å². The molecule has 146 valence electrons. The Bertz CT molecular complexity index is 1220. The zero-order valence-corrected chi connectivity index (χ0v) is 17.8. The van der Waals surface area contributed by atoms with Gasteiger partial charge in [-0.3, -0.25) is 9.78 Å². The van der Waals surface area contributed by atoms with Gasteiger partial charge < -0.3 is 14.6 Å². The predicted octanol–water partition coefficient (Wildman–Crippen LogP) is 4.76. The van der Waals surface area contributed by atoms with E-state index in [0.717, 1.165) is 43.5 Å². The summed E-state index contributed by atoms with van der Waals surface area (Å²) in [5.41, 5.74) is 4.90. The minimum atomic E-state index is -0.0964. The average molecular weight is 451 g/mol. The van der Waals surface area contributed by atoms with Gasteiger partial charge in [-0.05, 0) is 28.1 Å². The molecule has 0 saturated heterocycles. The predicted molar refractivity (Wildman–Crippen MR) is 117 cm³/mol. The number of aromatic nitrogens is 3. The van der Waals surface area contributed by atoms with E-state index in [1.807, 2.05) is 36.5 Å². The summed E-state index contributed by atoms with van der Waals surface area (Å²) in [4.78, 5) is 25.9. The first-order valence-electron chi connectivity index (χ1n) is 8.97. The molecule has 0 unspecified atom stereocenters. The molecule has 1 N–H and O–H groups in total. The number of aromatic amines is 1. The van der Waals surface area contributed by atoms with Crippen LogP contribution in [0.2, 0.25) is 0 Å². The van der Waals surface area contributed by atoms with Crippen molar-refractivity contribution in [2.75, 3.05) is 21.2 Å². The van der Waals surface area contributed by atoms with Crippen molar-refractivity contribution in [2.24, 2.45) is 0 Å². The monoisotopic (exact) mass is 450 g/mol. The van der Waals surface area contributed by atoms with Gasteiger partial charge in [0.15, 0.2) is 0 Å². The van der Waals surface area contributed by atoms with Gasteiger partial charge in [0.1, 0.15) is 11.4 Å². The maximum atomic E-state index is 12.3. The van der Waals surface area contributed by atoms with Gasteiger partial charge in [0.25, 0.3) is 5.91 Å². The second-order valence-electron chi connectivity index (χ2n) is 6.77. The fourth-order valence-corrected chi connectivity index (χ4v) is 4.03. The molecule has 0 atom stereocenters. The Morgan fingerprint density at radius 1 is 1.10 bits per heavy atom. The minimum Gasteiger partial charge on any atom is -0.496 e. The average Bonchev–Trinajstić information content (AvgIpc) is 3.18. The number of rotatable bonds is 4. The van der Waals surface area contributed by atoms with Crippen LogP contribution in [0.25, 0.3) is 33.3 Å². The molecule has 0 bridgehead atoms. The highest BCUT2D eigenvalue weighted by atomic mass is 79.9. The summed E-state index contributed by atoms with van der Waals surface area (Å²) in [7, 11) is 5.10. The normalized spacial score (nSPS) is 10.9. The number of carbonyl (C=O) groups is 1. The zero-order valence-electron chi connectivity index (χ0n) is 16.2. The highest BCUT2D eigenvalue weighted by Crippen LogP contribution is 2.41. The van der Waals surface area contributed by atoms with Crippen LogP contribution in [0.15, 0.2) is 59.6 Å². The standard InChI is InChI=1S/C22H19BrN4O2/c1-27(2)22(28)14-8-13(9-24-10-14)16-11-25-21-19(20(16)23)17(12-26-21)15-6-4-5-7-18(15)29-3/h4-12H,1-3H3,(H,25,26). The number of benzene rings is 1. The molecule has 0 radical (unpaired) electrons. The van der Waals surface area contributed by atoms with Crippen molar-refractivity contribution in [2.45, 2.75) is 0 Å². The van der Waals surface area contributed by atoms with Crippen molar-refractivity contribution in [1.29, 1.82) is 0 Å². The van der Waals surface area contributed by atoms with Gasteiger partial charge in [0.05, 0.1) is 12.7 Å². The molecule has 0 spiro atoms. The van der Waals surface area contributed by atoms with Crippen molar-refractivity contribution >= 4 is 32.9 Å². The summed E-state index contributed by atoms with van der Waals surface area (Å²) in [5, 5.41) is 0.941. The van der Waals surface area contributed by atoms with Gasteiger partial charge in [0, 0.05) is 71.0 Å². The molecule has 0 aliphatic rings. The topological polar surface area (TPSA) is 71.1 Å². The molecule has 3 heterocycles. The number of para-hydroxylation sites is 1. The molecule has 1 amide bonds. The van der Waals surface area contributed by atoms with E-state index >= 15 is 0 Å². The highest BCUT2D eigenvalue weighted by Gasteiger charge is 2.18. The summed E-state index contributed by atoms with van der Waals surface area (Å²) in [6.07, 6.45) is 7.00. The number of halogens is 1. The smallest absolute Gasteiger partial charge is 0.254 e. The number of H-pyrrole nitrogens is 1. The fourth-order valence-electron chi connectivity index (χ4n) is 3.30. The van der Waals surface area contributed by atoms with Crippen LogP contribution in [-0.4, -0.2) is 47.0 Å². The van der Waals surface area contributed by atoms with Crippen LogP contribution < -0.4 is 4.74 Å². The van der Waals surface area contributed by atoms with Crippen LogP contribution >= 0.6 is 15.9 Å². The van der Waals surface area contributed by atoms with Gasteiger partial charge in [-0.15, -0.1) is 0 Å². The lowest BCUT2D eigenvalue weighted by Crippen LogP contribution is -2.21. The van der Waals surface area contributed by atoms with E-state index in [1.54, 1.807) is 39.8 Å². The van der Waals surface area contributed by atoms with E-state index in [1.165, 1.54) is 4.90 Å². The number of nitrogens with one attached hydrogen (secondary N) is 1. The Labute approximate surface area is 176 Å². The third-order valence-electron chi connectivity index (χ3n) is 4.74. The van der Waals surface area contributed by atoms with Gasteiger partial charge >= 0.3 is 0 Å². The lowest BCUT2D eigenvalue weighted by Gasteiger charge is -2.12. The van der Waals surface area contributed by atoms with Crippen LogP contribution in [0.4, 0.5) is 0 Å². The lowest BCUT2D eigenvalue weighted by atomic mass is 10.0. The molecule has 29 heavy (non-hydrogen) atoms. The van der Waals surface area contributed by atoms with E-state index in [-0.39, 0.29) is 5.91 Å². The molecule has 0 aliphatic carbocycles. The van der Waals surface area contributed by atoms with Crippen molar-refractivity contribution in [3.05, 3.63) is 65.2 Å².